The van der Waals surface area contributed by atoms with Gasteiger partial charge in [0.2, 0.25) is 0 Å². The number of anilines is 1. The van der Waals surface area contributed by atoms with Crippen LogP contribution in [0.2, 0.25) is 0 Å². The SMILES string of the molecule is COc1ccc(NC(=O)c2ccc(/C=C(\C)C=CC3=C(C)CCCC3(C)C)s2)cc1. The molecule has 1 aromatic heterocycles. The van der Waals surface area contributed by atoms with Crippen LogP contribution < -0.4 is 10.1 Å². The molecule has 3 nitrogen and oxygen atoms in total. The van der Waals surface area contributed by atoms with Crippen molar-refractivity contribution in [3.8, 4) is 5.75 Å². The van der Waals surface area contributed by atoms with E-state index in [-0.39, 0.29) is 11.3 Å². The summed E-state index contributed by atoms with van der Waals surface area (Å²) in [6, 6.07) is 11.2. The second-order valence-corrected chi connectivity index (χ2v) is 9.65. The van der Waals surface area contributed by atoms with Crippen molar-refractivity contribution in [1.29, 1.82) is 0 Å². The molecule has 1 N–H and O–H groups in total. The highest BCUT2D eigenvalue weighted by Gasteiger charge is 2.26. The Morgan fingerprint density at radius 1 is 1.17 bits per heavy atom. The van der Waals surface area contributed by atoms with Gasteiger partial charge in [-0.1, -0.05) is 31.6 Å². The van der Waals surface area contributed by atoms with Gasteiger partial charge in [-0.15, -0.1) is 11.3 Å². The summed E-state index contributed by atoms with van der Waals surface area (Å²) in [6.45, 7) is 9.04. The van der Waals surface area contributed by atoms with E-state index in [2.05, 4.69) is 51.2 Å². The maximum atomic E-state index is 12.5. The molecule has 0 aliphatic heterocycles. The van der Waals surface area contributed by atoms with Gasteiger partial charge in [0.25, 0.3) is 5.91 Å². The van der Waals surface area contributed by atoms with Gasteiger partial charge in [-0.2, -0.15) is 0 Å². The number of carbonyl (C=O) groups is 1. The Morgan fingerprint density at radius 2 is 1.90 bits per heavy atom. The number of methoxy groups -OCH3 is 1. The van der Waals surface area contributed by atoms with Crippen LogP contribution in [-0.4, -0.2) is 13.0 Å². The fourth-order valence-corrected chi connectivity index (χ4v) is 4.83. The molecule has 1 amide bonds. The molecule has 0 unspecified atom stereocenters. The minimum absolute atomic E-state index is 0.0947. The summed E-state index contributed by atoms with van der Waals surface area (Å²) in [6.07, 6.45) is 10.3. The van der Waals surface area contributed by atoms with Crippen LogP contribution in [0.5, 0.6) is 5.75 Å². The van der Waals surface area contributed by atoms with Gasteiger partial charge in [0.05, 0.1) is 12.0 Å². The number of thiophene rings is 1. The Morgan fingerprint density at radius 3 is 2.57 bits per heavy atom. The lowest BCUT2D eigenvalue weighted by Gasteiger charge is -2.32. The number of allylic oxidation sites excluding steroid dienone is 5. The van der Waals surface area contributed by atoms with Crippen LogP contribution in [0.25, 0.3) is 6.08 Å². The topological polar surface area (TPSA) is 38.3 Å². The van der Waals surface area contributed by atoms with E-state index >= 15 is 0 Å². The molecule has 4 heteroatoms. The summed E-state index contributed by atoms with van der Waals surface area (Å²) in [5, 5.41) is 2.93. The number of amides is 1. The normalized spacial score (nSPS) is 16.8. The zero-order valence-electron chi connectivity index (χ0n) is 18.5. The van der Waals surface area contributed by atoms with E-state index in [9.17, 15) is 4.79 Å². The van der Waals surface area contributed by atoms with Gasteiger partial charge in [-0.05, 0) is 92.1 Å². The lowest BCUT2D eigenvalue weighted by atomic mass is 9.72. The fraction of sp³-hybridized carbons (Fsp3) is 0.346. The zero-order valence-corrected chi connectivity index (χ0v) is 19.4. The van der Waals surface area contributed by atoms with Crippen LogP contribution in [0.4, 0.5) is 5.69 Å². The maximum Gasteiger partial charge on any atom is 0.265 e. The summed E-state index contributed by atoms with van der Waals surface area (Å²) in [7, 11) is 1.62. The molecule has 0 fully saturated rings. The van der Waals surface area contributed by atoms with Crippen LogP contribution in [0.15, 0.2) is 65.3 Å². The summed E-state index contributed by atoms with van der Waals surface area (Å²) in [4.78, 5) is 14.3. The van der Waals surface area contributed by atoms with Crippen LogP contribution in [0.1, 0.15) is 61.5 Å². The highest BCUT2D eigenvalue weighted by atomic mass is 32.1. The average Bonchev–Trinajstić information content (AvgIpc) is 3.16. The Kier molecular flexibility index (Phi) is 6.99. The first-order chi connectivity index (χ1) is 14.3. The smallest absolute Gasteiger partial charge is 0.265 e. The van der Waals surface area contributed by atoms with Crippen LogP contribution in [-0.2, 0) is 0 Å². The standard InChI is InChI=1S/C26H31NO2S/c1-18(8-14-23-19(2)7-6-16-26(23,3)4)17-22-13-15-24(30-22)25(28)27-20-9-11-21(29-5)12-10-20/h8-15,17H,6-7,16H2,1-5H3,(H,27,28)/b14-8?,18-17+. The minimum Gasteiger partial charge on any atom is -0.497 e. The van der Waals surface area contributed by atoms with E-state index in [1.54, 1.807) is 7.11 Å². The van der Waals surface area contributed by atoms with Crippen molar-refractivity contribution in [3.63, 3.8) is 0 Å². The summed E-state index contributed by atoms with van der Waals surface area (Å²) in [5.41, 5.74) is 5.15. The summed E-state index contributed by atoms with van der Waals surface area (Å²) < 4.78 is 5.15. The highest BCUT2D eigenvalue weighted by Crippen LogP contribution is 2.40. The molecule has 0 bridgehead atoms. The van der Waals surface area contributed by atoms with E-state index in [0.717, 1.165) is 16.3 Å². The van der Waals surface area contributed by atoms with Gasteiger partial charge in [0.1, 0.15) is 5.75 Å². The number of hydrogen-bond donors (Lipinski definition) is 1. The van der Waals surface area contributed by atoms with Crippen molar-refractivity contribution in [1.82, 2.24) is 0 Å². The first-order valence-electron chi connectivity index (χ1n) is 10.4. The molecule has 0 spiro atoms. The van der Waals surface area contributed by atoms with Crippen molar-refractivity contribution < 1.29 is 9.53 Å². The van der Waals surface area contributed by atoms with Crippen molar-refractivity contribution in [2.75, 3.05) is 12.4 Å². The lowest BCUT2D eigenvalue weighted by Crippen LogP contribution is -2.19. The third-order valence-electron chi connectivity index (χ3n) is 5.62. The van der Waals surface area contributed by atoms with Gasteiger partial charge in [-0.25, -0.2) is 0 Å². The first-order valence-corrected chi connectivity index (χ1v) is 11.2. The maximum absolute atomic E-state index is 12.5. The van der Waals surface area contributed by atoms with Crippen molar-refractivity contribution in [3.05, 3.63) is 75.0 Å². The molecule has 0 radical (unpaired) electrons. The Labute approximate surface area is 184 Å². The van der Waals surface area contributed by atoms with Crippen molar-refractivity contribution in [2.45, 2.75) is 47.0 Å². The summed E-state index contributed by atoms with van der Waals surface area (Å²) >= 11 is 1.50. The van der Waals surface area contributed by atoms with Crippen LogP contribution in [0.3, 0.4) is 0 Å². The van der Waals surface area contributed by atoms with Gasteiger partial charge in [0.15, 0.2) is 0 Å². The third-order valence-corrected chi connectivity index (χ3v) is 6.65. The van der Waals surface area contributed by atoms with E-state index < -0.39 is 0 Å². The van der Waals surface area contributed by atoms with E-state index in [1.165, 1.54) is 47.3 Å². The quantitative estimate of drug-likeness (QED) is 0.491. The monoisotopic (exact) mass is 421 g/mol. The molecular weight excluding hydrogens is 390 g/mol. The second-order valence-electron chi connectivity index (χ2n) is 8.54. The molecule has 1 aliphatic rings. The van der Waals surface area contributed by atoms with Gasteiger partial charge in [-0.3, -0.25) is 4.79 Å². The van der Waals surface area contributed by atoms with E-state index in [4.69, 9.17) is 4.74 Å². The van der Waals surface area contributed by atoms with Crippen molar-refractivity contribution in [2.24, 2.45) is 5.41 Å². The van der Waals surface area contributed by atoms with Crippen LogP contribution >= 0.6 is 11.3 Å². The third kappa shape index (κ3) is 5.51. The second kappa shape index (κ2) is 9.48. The number of carbonyl (C=O) groups excluding carboxylic acids is 1. The predicted molar refractivity (Wildman–Crippen MR) is 128 cm³/mol. The molecule has 1 aromatic carbocycles. The Bertz CT molecular complexity index is 990. The largest absolute Gasteiger partial charge is 0.497 e. The number of benzene rings is 1. The van der Waals surface area contributed by atoms with Gasteiger partial charge in [0, 0.05) is 10.6 Å². The molecular formula is C26H31NO2S. The van der Waals surface area contributed by atoms with Gasteiger partial charge >= 0.3 is 0 Å². The highest BCUT2D eigenvalue weighted by molar-refractivity contribution is 7.15. The number of ether oxygens (including phenoxy) is 1. The minimum atomic E-state index is -0.0947. The van der Waals surface area contributed by atoms with Crippen molar-refractivity contribution >= 4 is 29.0 Å². The molecule has 1 heterocycles. The van der Waals surface area contributed by atoms with Gasteiger partial charge < -0.3 is 10.1 Å². The lowest BCUT2D eigenvalue weighted by molar-refractivity contribution is 0.103. The molecule has 1 aliphatic carbocycles. The molecule has 0 saturated heterocycles. The molecule has 0 atom stereocenters. The Balaban J connectivity index is 1.67. The first kappa shape index (κ1) is 22.1. The predicted octanol–water partition coefficient (Wildman–Crippen LogP) is 7.50. The number of rotatable bonds is 6. The molecule has 30 heavy (non-hydrogen) atoms. The molecule has 0 saturated carbocycles. The fourth-order valence-electron chi connectivity index (χ4n) is 3.92. The average molecular weight is 422 g/mol. The summed E-state index contributed by atoms with van der Waals surface area (Å²) in [5.74, 6) is 0.672. The number of nitrogens with one attached hydrogen (secondary N) is 1. The van der Waals surface area contributed by atoms with Crippen LogP contribution in [0, 0.1) is 5.41 Å². The van der Waals surface area contributed by atoms with E-state index in [0.29, 0.717) is 4.88 Å². The Hall–Kier alpha value is -2.59. The molecule has 2 aromatic rings. The number of hydrogen-bond acceptors (Lipinski definition) is 3. The zero-order chi connectivity index (χ0) is 21.7. The molecule has 3 rings (SSSR count). The van der Waals surface area contributed by atoms with E-state index in [1.807, 2.05) is 36.4 Å². The molecule has 158 valence electrons.